The molecule has 1 heterocycles. The molecule has 0 aromatic heterocycles. The molecule has 5 heteroatoms. The number of guanidine groups is 1. The molecule has 1 saturated heterocycles. The van der Waals surface area contributed by atoms with Crippen molar-refractivity contribution in [1.29, 1.82) is 0 Å². The van der Waals surface area contributed by atoms with E-state index in [-0.39, 0.29) is 5.41 Å². The molecule has 2 fully saturated rings. The van der Waals surface area contributed by atoms with Gasteiger partial charge in [-0.2, -0.15) is 0 Å². The molecule has 2 aliphatic rings. The monoisotopic (exact) mass is 359 g/mol. The summed E-state index contributed by atoms with van der Waals surface area (Å²) in [6.07, 6.45) is 7.16. The van der Waals surface area contributed by atoms with Crippen molar-refractivity contribution in [3.8, 4) is 5.75 Å². The Balaban J connectivity index is 1.77. The topological polar surface area (TPSA) is 54.9 Å². The zero-order valence-electron chi connectivity index (χ0n) is 16.2. The third-order valence-corrected chi connectivity index (χ3v) is 5.73. The number of nitrogens with zero attached hydrogens (tertiary/aromatic N) is 1. The molecule has 0 bridgehead atoms. The third kappa shape index (κ3) is 4.70. The molecule has 0 amide bonds. The van der Waals surface area contributed by atoms with Crippen LogP contribution in [0.5, 0.6) is 5.75 Å². The molecule has 1 aliphatic carbocycles. The number of hydrogen-bond acceptors (Lipinski definition) is 3. The highest BCUT2D eigenvalue weighted by molar-refractivity contribution is 5.80. The highest BCUT2D eigenvalue weighted by Gasteiger charge is 2.34. The number of methoxy groups -OCH3 is 1. The fourth-order valence-electron chi connectivity index (χ4n) is 4.06. The van der Waals surface area contributed by atoms with E-state index in [1.54, 1.807) is 7.11 Å². The van der Waals surface area contributed by atoms with Gasteiger partial charge in [-0.3, -0.25) is 4.99 Å². The lowest BCUT2D eigenvalue weighted by molar-refractivity contribution is 0.0531. The van der Waals surface area contributed by atoms with Crippen molar-refractivity contribution in [1.82, 2.24) is 10.6 Å². The largest absolute Gasteiger partial charge is 0.497 e. The zero-order valence-corrected chi connectivity index (χ0v) is 16.2. The van der Waals surface area contributed by atoms with Crippen LogP contribution in [0, 0.1) is 0 Å². The number of rotatable bonds is 6. The van der Waals surface area contributed by atoms with Crippen molar-refractivity contribution in [3.63, 3.8) is 0 Å². The molecule has 1 aliphatic heterocycles. The van der Waals surface area contributed by atoms with Crippen LogP contribution in [0.4, 0.5) is 0 Å². The molecule has 5 nitrogen and oxygen atoms in total. The Morgan fingerprint density at radius 2 is 1.88 bits per heavy atom. The average molecular weight is 360 g/mol. The lowest BCUT2D eigenvalue weighted by Gasteiger charge is -2.37. The summed E-state index contributed by atoms with van der Waals surface area (Å²) in [5, 5.41) is 7.05. The van der Waals surface area contributed by atoms with Gasteiger partial charge >= 0.3 is 0 Å². The molecule has 26 heavy (non-hydrogen) atoms. The molecular formula is C21H33N3O2. The Morgan fingerprint density at radius 3 is 2.50 bits per heavy atom. The van der Waals surface area contributed by atoms with E-state index in [9.17, 15) is 0 Å². The minimum atomic E-state index is 0.0442. The summed E-state index contributed by atoms with van der Waals surface area (Å²) >= 11 is 0. The van der Waals surface area contributed by atoms with Crippen LogP contribution < -0.4 is 15.4 Å². The quantitative estimate of drug-likeness (QED) is 0.605. The molecule has 0 spiro atoms. The van der Waals surface area contributed by atoms with Gasteiger partial charge in [-0.15, -0.1) is 0 Å². The first-order chi connectivity index (χ1) is 12.8. The highest BCUT2D eigenvalue weighted by atomic mass is 16.5. The fraction of sp³-hybridized carbons (Fsp3) is 0.667. The molecule has 3 rings (SSSR count). The van der Waals surface area contributed by atoms with E-state index >= 15 is 0 Å². The minimum Gasteiger partial charge on any atom is -0.497 e. The van der Waals surface area contributed by atoms with Crippen LogP contribution in [-0.2, 0) is 10.2 Å². The molecule has 2 N–H and O–H groups in total. The SMILES string of the molecule is CCNC(=NCC1(c2ccc(OC)cc2)CCOCC1)NC1CCCC1. The maximum Gasteiger partial charge on any atom is 0.191 e. The van der Waals surface area contributed by atoms with Gasteiger partial charge in [-0.05, 0) is 50.3 Å². The van der Waals surface area contributed by atoms with Crippen LogP contribution in [0.1, 0.15) is 51.0 Å². The number of hydrogen-bond donors (Lipinski definition) is 2. The van der Waals surface area contributed by atoms with Crippen LogP contribution in [-0.4, -0.2) is 45.4 Å². The van der Waals surface area contributed by atoms with E-state index < -0.39 is 0 Å². The number of nitrogens with one attached hydrogen (secondary N) is 2. The summed E-state index contributed by atoms with van der Waals surface area (Å²) in [6.45, 7) is 5.39. The van der Waals surface area contributed by atoms with Crippen molar-refractivity contribution in [2.75, 3.05) is 33.4 Å². The van der Waals surface area contributed by atoms with Gasteiger partial charge < -0.3 is 20.1 Å². The van der Waals surface area contributed by atoms with E-state index in [2.05, 4.69) is 41.8 Å². The van der Waals surface area contributed by atoms with Gasteiger partial charge in [0.25, 0.3) is 0 Å². The Bertz CT molecular complexity index is 573. The minimum absolute atomic E-state index is 0.0442. The lowest BCUT2D eigenvalue weighted by atomic mass is 9.74. The maximum atomic E-state index is 5.65. The molecule has 0 radical (unpaired) electrons. The highest BCUT2D eigenvalue weighted by Crippen LogP contribution is 2.36. The Morgan fingerprint density at radius 1 is 1.19 bits per heavy atom. The summed E-state index contributed by atoms with van der Waals surface area (Å²) in [6, 6.07) is 9.06. The van der Waals surface area contributed by atoms with Gasteiger partial charge in [-0.25, -0.2) is 0 Å². The number of benzene rings is 1. The van der Waals surface area contributed by atoms with Gasteiger partial charge in [0, 0.05) is 31.2 Å². The zero-order chi connectivity index (χ0) is 18.2. The standard InChI is InChI=1S/C21H33N3O2/c1-3-22-20(24-18-6-4-5-7-18)23-16-21(12-14-26-15-13-21)17-8-10-19(25-2)11-9-17/h8-11,18H,3-7,12-16H2,1-2H3,(H2,22,23,24). The predicted molar refractivity (Wildman–Crippen MR) is 106 cm³/mol. The first-order valence-electron chi connectivity index (χ1n) is 10.0. The number of ether oxygens (including phenoxy) is 2. The van der Waals surface area contributed by atoms with Crippen molar-refractivity contribution in [2.24, 2.45) is 4.99 Å². The molecule has 0 unspecified atom stereocenters. The van der Waals surface area contributed by atoms with Crippen LogP contribution >= 0.6 is 0 Å². The van der Waals surface area contributed by atoms with Crippen LogP contribution in [0.15, 0.2) is 29.3 Å². The predicted octanol–water partition coefficient (Wildman–Crippen LogP) is 3.24. The summed E-state index contributed by atoms with van der Waals surface area (Å²) in [5.74, 6) is 1.86. The van der Waals surface area contributed by atoms with E-state index in [1.165, 1.54) is 31.2 Å². The number of aliphatic imine (C=N–C) groups is 1. The van der Waals surface area contributed by atoms with Gasteiger partial charge in [-0.1, -0.05) is 25.0 Å². The van der Waals surface area contributed by atoms with E-state index in [0.717, 1.165) is 50.9 Å². The normalized spacial score (nSPS) is 20.8. The first-order valence-corrected chi connectivity index (χ1v) is 10.0. The average Bonchev–Trinajstić information content (AvgIpc) is 3.20. The van der Waals surface area contributed by atoms with Crippen LogP contribution in [0.2, 0.25) is 0 Å². The van der Waals surface area contributed by atoms with Crippen molar-refractivity contribution in [2.45, 2.75) is 56.9 Å². The smallest absolute Gasteiger partial charge is 0.191 e. The Kier molecular flexibility index (Phi) is 6.78. The third-order valence-electron chi connectivity index (χ3n) is 5.73. The van der Waals surface area contributed by atoms with Gasteiger partial charge in [0.05, 0.1) is 13.7 Å². The van der Waals surface area contributed by atoms with Gasteiger partial charge in [0.2, 0.25) is 0 Å². The summed E-state index contributed by atoms with van der Waals surface area (Å²) < 4.78 is 11.0. The first kappa shape index (κ1) is 19.0. The molecular weight excluding hydrogens is 326 g/mol. The van der Waals surface area contributed by atoms with Crippen LogP contribution in [0.25, 0.3) is 0 Å². The van der Waals surface area contributed by atoms with E-state index in [0.29, 0.717) is 6.04 Å². The second-order valence-electron chi connectivity index (χ2n) is 7.44. The molecule has 0 atom stereocenters. The Labute approximate surface area is 157 Å². The van der Waals surface area contributed by atoms with Crippen molar-refractivity contribution < 1.29 is 9.47 Å². The second kappa shape index (κ2) is 9.26. The summed E-state index contributed by atoms with van der Waals surface area (Å²) in [5.41, 5.74) is 1.38. The lowest BCUT2D eigenvalue weighted by Crippen LogP contribution is -2.44. The van der Waals surface area contributed by atoms with E-state index in [1.807, 2.05) is 0 Å². The van der Waals surface area contributed by atoms with Crippen LogP contribution in [0.3, 0.4) is 0 Å². The van der Waals surface area contributed by atoms with Crippen molar-refractivity contribution in [3.05, 3.63) is 29.8 Å². The second-order valence-corrected chi connectivity index (χ2v) is 7.44. The molecule has 144 valence electrons. The van der Waals surface area contributed by atoms with Gasteiger partial charge in [0.15, 0.2) is 5.96 Å². The van der Waals surface area contributed by atoms with Gasteiger partial charge in [0.1, 0.15) is 5.75 Å². The fourth-order valence-corrected chi connectivity index (χ4v) is 4.06. The Hall–Kier alpha value is -1.75. The molecule has 1 aromatic carbocycles. The maximum absolute atomic E-state index is 5.65. The van der Waals surface area contributed by atoms with Crippen molar-refractivity contribution >= 4 is 5.96 Å². The van der Waals surface area contributed by atoms with E-state index in [4.69, 9.17) is 14.5 Å². The summed E-state index contributed by atoms with van der Waals surface area (Å²) in [7, 11) is 1.71. The molecule has 1 saturated carbocycles. The summed E-state index contributed by atoms with van der Waals surface area (Å²) in [4.78, 5) is 5.00. The molecule has 1 aromatic rings.